The Hall–Kier alpha value is -3.22. The van der Waals surface area contributed by atoms with Crippen molar-refractivity contribution >= 4 is 28.6 Å². The van der Waals surface area contributed by atoms with Gasteiger partial charge in [-0.25, -0.2) is 0 Å². The summed E-state index contributed by atoms with van der Waals surface area (Å²) in [5.74, 6) is 0.626. The van der Waals surface area contributed by atoms with Crippen LogP contribution in [-0.2, 0) is 0 Å². The summed E-state index contributed by atoms with van der Waals surface area (Å²) in [6.07, 6.45) is 3.35. The predicted molar refractivity (Wildman–Crippen MR) is 85.0 cm³/mol. The van der Waals surface area contributed by atoms with E-state index in [0.717, 1.165) is 22.2 Å². The lowest BCUT2D eigenvalue weighted by atomic mass is 10.1. The molecule has 0 saturated heterocycles. The maximum Gasteiger partial charge on any atom is 0.177 e. The van der Waals surface area contributed by atoms with Crippen molar-refractivity contribution in [3.8, 4) is 0 Å². The number of para-hydroxylation sites is 1. The van der Waals surface area contributed by atoms with Crippen LogP contribution in [0.4, 0.5) is 5.82 Å². The van der Waals surface area contributed by atoms with E-state index in [-0.39, 0.29) is 0 Å². The van der Waals surface area contributed by atoms with Gasteiger partial charge in [0.15, 0.2) is 11.5 Å². The molecule has 108 valence electrons. The second kappa shape index (κ2) is 4.96. The molecule has 0 atom stereocenters. The summed E-state index contributed by atoms with van der Waals surface area (Å²) in [6.45, 7) is 2.03. The molecule has 3 heterocycles. The molecule has 0 aliphatic heterocycles. The Labute approximate surface area is 125 Å². The minimum Gasteiger partial charge on any atom is -0.358 e. The van der Waals surface area contributed by atoms with Crippen LogP contribution in [0.15, 0.2) is 47.8 Å². The van der Waals surface area contributed by atoms with Crippen LogP contribution in [0.25, 0.3) is 16.6 Å². The molecule has 0 saturated carbocycles. The molecular formula is C15H13N7. The zero-order valence-corrected chi connectivity index (χ0v) is 11.9. The molecule has 0 radical (unpaired) electrons. The first kappa shape index (κ1) is 12.5. The van der Waals surface area contributed by atoms with Crippen LogP contribution >= 0.6 is 0 Å². The van der Waals surface area contributed by atoms with Gasteiger partial charge in [0.05, 0.1) is 6.21 Å². The molecule has 1 aromatic carbocycles. The third-order valence-corrected chi connectivity index (χ3v) is 3.48. The Morgan fingerprint density at radius 1 is 1.23 bits per heavy atom. The standard InChI is InChI=1S/C15H13N7/c1-10-12(11-4-2-3-5-13(11)18-10)8-16-19-14-6-7-15-20-17-9-22(15)21-14/h2-9,18H,1H3,(H,19,21). The Morgan fingerprint density at radius 2 is 2.14 bits per heavy atom. The van der Waals surface area contributed by atoms with E-state index in [9.17, 15) is 0 Å². The first-order valence-electron chi connectivity index (χ1n) is 6.85. The van der Waals surface area contributed by atoms with E-state index in [1.807, 2.05) is 31.2 Å². The summed E-state index contributed by atoms with van der Waals surface area (Å²) < 4.78 is 1.59. The van der Waals surface area contributed by atoms with Gasteiger partial charge in [-0.3, -0.25) is 5.43 Å². The van der Waals surface area contributed by atoms with Crippen molar-refractivity contribution in [3.05, 3.63) is 54.0 Å². The van der Waals surface area contributed by atoms with Crippen molar-refractivity contribution in [2.45, 2.75) is 6.92 Å². The van der Waals surface area contributed by atoms with E-state index in [2.05, 4.69) is 42.9 Å². The van der Waals surface area contributed by atoms with Gasteiger partial charge in [0.25, 0.3) is 0 Å². The summed E-state index contributed by atoms with van der Waals surface area (Å²) in [5, 5.41) is 17.4. The third kappa shape index (κ3) is 2.08. The Bertz CT molecular complexity index is 980. The summed E-state index contributed by atoms with van der Waals surface area (Å²) in [7, 11) is 0. The summed E-state index contributed by atoms with van der Waals surface area (Å²) in [4.78, 5) is 3.34. The van der Waals surface area contributed by atoms with E-state index >= 15 is 0 Å². The molecular weight excluding hydrogens is 278 g/mol. The van der Waals surface area contributed by atoms with Gasteiger partial charge in [-0.15, -0.1) is 15.3 Å². The highest BCUT2D eigenvalue weighted by Gasteiger charge is 2.05. The molecule has 0 fully saturated rings. The summed E-state index contributed by atoms with van der Waals surface area (Å²) in [5.41, 5.74) is 6.86. The number of hydrogen-bond acceptors (Lipinski definition) is 5. The van der Waals surface area contributed by atoms with Gasteiger partial charge in [0.2, 0.25) is 0 Å². The van der Waals surface area contributed by atoms with Crippen LogP contribution in [0.2, 0.25) is 0 Å². The van der Waals surface area contributed by atoms with E-state index < -0.39 is 0 Å². The Kier molecular flexibility index (Phi) is 2.82. The van der Waals surface area contributed by atoms with Crippen LogP contribution in [0.5, 0.6) is 0 Å². The fourth-order valence-corrected chi connectivity index (χ4v) is 2.42. The van der Waals surface area contributed by atoms with Crippen LogP contribution in [0, 0.1) is 6.92 Å². The largest absolute Gasteiger partial charge is 0.358 e. The lowest BCUT2D eigenvalue weighted by molar-refractivity contribution is 0.925. The number of hydrazone groups is 1. The highest BCUT2D eigenvalue weighted by atomic mass is 15.4. The monoisotopic (exact) mass is 291 g/mol. The number of hydrogen-bond donors (Lipinski definition) is 2. The maximum absolute atomic E-state index is 4.30. The molecule has 0 aliphatic rings. The fourth-order valence-electron chi connectivity index (χ4n) is 2.42. The van der Waals surface area contributed by atoms with Gasteiger partial charge in [-0.05, 0) is 25.1 Å². The van der Waals surface area contributed by atoms with E-state index in [1.54, 1.807) is 17.1 Å². The molecule has 2 N–H and O–H groups in total. The van der Waals surface area contributed by atoms with Crippen molar-refractivity contribution in [1.29, 1.82) is 0 Å². The highest BCUT2D eigenvalue weighted by molar-refractivity contribution is 6.00. The molecule has 0 bridgehead atoms. The number of anilines is 1. The lowest BCUT2D eigenvalue weighted by Gasteiger charge is -1.99. The number of H-pyrrole nitrogens is 1. The molecule has 0 amide bonds. The molecule has 3 aromatic heterocycles. The lowest BCUT2D eigenvalue weighted by Crippen LogP contribution is -1.98. The number of aromatic nitrogens is 5. The molecule has 22 heavy (non-hydrogen) atoms. The summed E-state index contributed by atoms with van der Waals surface area (Å²) >= 11 is 0. The predicted octanol–water partition coefficient (Wildman–Crippen LogP) is 2.36. The topological polar surface area (TPSA) is 83.3 Å². The SMILES string of the molecule is Cc1[nH]c2ccccc2c1C=NNc1ccc2nncn2n1. The average Bonchev–Trinajstić information content (AvgIpc) is 3.11. The quantitative estimate of drug-likeness (QED) is 0.448. The van der Waals surface area contributed by atoms with E-state index in [4.69, 9.17) is 0 Å². The van der Waals surface area contributed by atoms with Crippen molar-refractivity contribution < 1.29 is 0 Å². The minimum atomic E-state index is 0.626. The van der Waals surface area contributed by atoms with Gasteiger partial charge >= 0.3 is 0 Å². The van der Waals surface area contributed by atoms with Gasteiger partial charge in [0.1, 0.15) is 6.33 Å². The molecule has 0 spiro atoms. The van der Waals surface area contributed by atoms with Crippen molar-refractivity contribution in [2.75, 3.05) is 5.43 Å². The zero-order chi connectivity index (χ0) is 14.9. The van der Waals surface area contributed by atoms with Crippen molar-refractivity contribution in [1.82, 2.24) is 24.8 Å². The Morgan fingerprint density at radius 3 is 3.09 bits per heavy atom. The first-order chi connectivity index (χ1) is 10.8. The molecule has 7 nitrogen and oxygen atoms in total. The van der Waals surface area contributed by atoms with Gasteiger partial charge in [-0.2, -0.15) is 9.62 Å². The van der Waals surface area contributed by atoms with Crippen molar-refractivity contribution in [3.63, 3.8) is 0 Å². The molecule has 4 aromatic rings. The highest BCUT2D eigenvalue weighted by Crippen LogP contribution is 2.19. The molecule has 7 heteroatoms. The number of fused-ring (bicyclic) bond motifs is 2. The Balaban J connectivity index is 1.61. The molecule has 0 aliphatic carbocycles. The number of benzene rings is 1. The minimum absolute atomic E-state index is 0.626. The molecule has 0 unspecified atom stereocenters. The fraction of sp³-hybridized carbons (Fsp3) is 0.0667. The number of nitrogens with one attached hydrogen (secondary N) is 2. The summed E-state index contributed by atoms with van der Waals surface area (Å²) in [6, 6.07) is 11.8. The zero-order valence-electron chi connectivity index (χ0n) is 11.9. The number of aromatic amines is 1. The number of aryl methyl sites for hydroxylation is 1. The first-order valence-corrected chi connectivity index (χ1v) is 6.85. The second-order valence-corrected chi connectivity index (χ2v) is 4.93. The van der Waals surface area contributed by atoms with Crippen LogP contribution in [-0.4, -0.2) is 31.0 Å². The van der Waals surface area contributed by atoms with Crippen LogP contribution in [0.1, 0.15) is 11.3 Å². The molecule has 4 rings (SSSR count). The van der Waals surface area contributed by atoms with Crippen molar-refractivity contribution in [2.24, 2.45) is 5.10 Å². The van der Waals surface area contributed by atoms with E-state index in [1.165, 1.54) is 0 Å². The smallest absolute Gasteiger partial charge is 0.177 e. The maximum atomic E-state index is 4.30. The second-order valence-electron chi connectivity index (χ2n) is 4.93. The van der Waals surface area contributed by atoms with Crippen LogP contribution < -0.4 is 5.43 Å². The average molecular weight is 291 g/mol. The van der Waals surface area contributed by atoms with E-state index in [0.29, 0.717) is 11.5 Å². The number of rotatable bonds is 3. The normalized spacial score (nSPS) is 11.7. The third-order valence-electron chi connectivity index (χ3n) is 3.48. The van der Waals surface area contributed by atoms with Gasteiger partial charge in [0, 0.05) is 22.2 Å². The van der Waals surface area contributed by atoms with Crippen LogP contribution in [0.3, 0.4) is 0 Å². The van der Waals surface area contributed by atoms with Gasteiger partial charge in [-0.1, -0.05) is 18.2 Å². The number of nitrogens with zero attached hydrogens (tertiary/aromatic N) is 5. The van der Waals surface area contributed by atoms with Gasteiger partial charge < -0.3 is 4.98 Å².